The molecule has 0 bridgehead atoms. The third kappa shape index (κ3) is 3.88. The van der Waals surface area contributed by atoms with Gasteiger partial charge in [-0.05, 0) is 37.0 Å². The van der Waals surface area contributed by atoms with Crippen molar-refractivity contribution in [1.29, 1.82) is 0 Å². The topological polar surface area (TPSA) is 89.5 Å². The normalized spacial score (nSPS) is 19.9. The van der Waals surface area contributed by atoms with Gasteiger partial charge in [0.05, 0.1) is 18.3 Å². The van der Waals surface area contributed by atoms with Gasteiger partial charge in [0.2, 0.25) is 0 Å². The lowest BCUT2D eigenvalue weighted by molar-refractivity contribution is 0.0232. The van der Waals surface area contributed by atoms with Gasteiger partial charge in [-0.25, -0.2) is 0 Å². The Kier molecular flexibility index (Phi) is 4.68. The minimum atomic E-state index is -0.326. The zero-order valence-electron chi connectivity index (χ0n) is 14.9. The van der Waals surface area contributed by atoms with E-state index < -0.39 is 0 Å². The van der Waals surface area contributed by atoms with E-state index >= 15 is 0 Å². The van der Waals surface area contributed by atoms with Crippen LogP contribution in [0.3, 0.4) is 0 Å². The number of hydrogen-bond acceptors (Lipinski definition) is 5. The lowest BCUT2D eigenvalue weighted by atomic mass is 9.75. The number of para-hydroxylation sites is 1. The van der Waals surface area contributed by atoms with Crippen LogP contribution < -0.4 is 10.1 Å². The maximum Gasteiger partial charge on any atom is 0.290 e. The van der Waals surface area contributed by atoms with Gasteiger partial charge in [0.15, 0.2) is 5.76 Å². The van der Waals surface area contributed by atoms with Gasteiger partial charge >= 0.3 is 0 Å². The molecule has 1 aliphatic carbocycles. The number of aliphatic hydroxyl groups excluding tert-OH is 1. The molecule has 0 spiro atoms. The van der Waals surface area contributed by atoms with Crippen LogP contribution in [-0.2, 0) is 7.05 Å². The third-order valence-corrected chi connectivity index (χ3v) is 4.76. The molecule has 4 rings (SSSR count). The van der Waals surface area contributed by atoms with Crippen molar-refractivity contribution in [1.82, 2.24) is 15.1 Å². The number of carbonyl (C=O) groups excluding carboxylic acids is 1. The van der Waals surface area contributed by atoms with E-state index in [1.165, 1.54) is 0 Å². The van der Waals surface area contributed by atoms with Crippen molar-refractivity contribution in [2.75, 3.05) is 0 Å². The van der Waals surface area contributed by atoms with Crippen LogP contribution in [0.5, 0.6) is 11.7 Å². The summed E-state index contributed by atoms with van der Waals surface area (Å²) in [6.07, 6.45) is 4.62. The molecule has 1 atom stereocenters. The highest BCUT2D eigenvalue weighted by Crippen LogP contribution is 2.38. The fourth-order valence-electron chi connectivity index (χ4n) is 3.29. The average molecular weight is 367 g/mol. The van der Waals surface area contributed by atoms with Crippen LogP contribution in [0.2, 0.25) is 0 Å². The number of furan rings is 1. The maximum absolute atomic E-state index is 12.7. The molecule has 7 heteroatoms. The van der Waals surface area contributed by atoms with Crippen molar-refractivity contribution in [2.24, 2.45) is 13.0 Å². The van der Waals surface area contributed by atoms with Gasteiger partial charge in [0.25, 0.3) is 11.9 Å². The lowest BCUT2D eigenvalue weighted by Gasteiger charge is -2.37. The molecule has 1 aliphatic rings. The summed E-state index contributed by atoms with van der Waals surface area (Å²) in [6.45, 7) is 0. The molecule has 7 nitrogen and oxygen atoms in total. The van der Waals surface area contributed by atoms with E-state index in [0.29, 0.717) is 18.6 Å². The maximum atomic E-state index is 12.7. The quantitative estimate of drug-likeness (QED) is 0.699. The molecule has 0 radical (unpaired) electrons. The van der Waals surface area contributed by atoms with Gasteiger partial charge in [0.1, 0.15) is 5.75 Å². The Labute approximate surface area is 156 Å². The van der Waals surface area contributed by atoms with Crippen LogP contribution in [0.1, 0.15) is 35.0 Å². The van der Waals surface area contributed by atoms with Crippen LogP contribution in [0.25, 0.3) is 0 Å². The van der Waals surface area contributed by atoms with Crippen molar-refractivity contribution in [3.63, 3.8) is 0 Å². The van der Waals surface area contributed by atoms with Crippen molar-refractivity contribution < 1.29 is 19.1 Å². The van der Waals surface area contributed by atoms with Crippen molar-refractivity contribution >= 4 is 5.91 Å². The molecule has 0 aliphatic heterocycles. The number of hydrogen-bond donors (Lipinski definition) is 2. The highest BCUT2D eigenvalue weighted by atomic mass is 16.6. The summed E-state index contributed by atoms with van der Waals surface area (Å²) in [5.74, 6) is 0.907. The van der Waals surface area contributed by atoms with E-state index in [1.54, 1.807) is 23.0 Å². The number of aliphatic hydroxyl groups is 1. The third-order valence-electron chi connectivity index (χ3n) is 4.76. The second-order valence-electron chi connectivity index (χ2n) is 6.82. The summed E-state index contributed by atoms with van der Waals surface area (Å²) >= 11 is 0. The Morgan fingerprint density at radius 2 is 2.07 bits per heavy atom. The number of nitrogens with one attached hydrogen (secondary N) is 1. The number of ether oxygens (including phenoxy) is 1. The first-order valence-electron chi connectivity index (χ1n) is 8.88. The predicted molar refractivity (Wildman–Crippen MR) is 97.4 cm³/mol. The van der Waals surface area contributed by atoms with Crippen LogP contribution in [0.4, 0.5) is 0 Å². The fourth-order valence-corrected chi connectivity index (χ4v) is 3.29. The predicted octanol–water partition coefficient (Wildman–Crippen LogP) is 3.05. The Morgan fingerprint density at radius 1 is 1.30 bits per heavy atom. The van der Waals surface area contributed by atoms with E-state index in [2.05, 4.69) is 10.4 Å². The number of carbonyl (C=O) groups is 1. The zero-order valence-corrected chi connectivity index (χ0v) is 14.9. The average Bonchev–Trinajstić information content (AvgIpc) is 3.27. The molecule has 2 aromatic heterocycles. The Hall–Kier alpha value is -3.06. The van der Waals surface area contributed by atoms with Gasteiger partial charge < -0.3 is 19.6 Å². The second-order valence-corrected chi connectivity index (χ2v) is 6.82. The number of aryl methyl sites for hydroxylation is 1. The van der Waals surface area contributed by atoms with E-state index in [9.17, 15) is 9.90 Å². The molecule has 0 saturated heterocycles. The first-order valence-corrected chi connectivity index (χ1v) is 8.88. The largest absolute Gasteiger partial charge is 0.426 e. The first kappa shape index (κ1) is 17.4. The van der Waals surface area contributed by atoms with E-state index in [0.717, 1.165) is 5.56 Å². The summed E-state index contributed by atoms with van der Waals surface area (Å²) in [6, 6.07) is 12.2. The molecule has 2 N–H and O–H groups in total. The molecular formula is C20H21N3O4. The number of nitrogens with zero attached hydrogens (tertiary/aromatic N) is 2. The van der Waals surface area contributed by atoms with Gasteiger partial charge in [-0.2, -0.15) is 5.10 Å². The second kappa shape index (κ2) is 7.28. The van der Waals surface area contributed by atoms with Crippen molar-refractivity contribution in [2.45, 2.75) is 25.0 Å². The van der Waals surface area contributed by atoms with E-state index in [4.69, 9.17) is 9.15 Å². The van der Waals surface area contributed by atoms with Gasteiger partial charge in [-0.3, -0.25) is 9.48 Å². The summed E-state index contributed by atoms with van der Waals surface area (Å²) in [5.41, 5.74) is 0.912. The Balaban J connectivity index is 1.46. The van der Waals surface area contributed by atoms with Gasteiger partial charge in [-0.15, -0.1) is 0 Å². The number of amides is 1. The molecule has 140 valence electrons. The highest BCUT2D eigenvalue weighted by molar-refractivity contribution is 5.91. The SMILES string of the molecule is Cn1cc(C(NC(=O)c2ccc(Oc3ccccc3)o2)C2CC(O)C2)cn1. The molecule has 2 heterocycles. The molecular weight excluding hydrogens is 346 g/mol. The lowest BCUT2D eigenvalue weighted by Crippen LogP contribution is -2.41. The van der Waals surface area contributed by atoms with Gasteiger partial charge in [-0.1, -0.05) is 18.2 Å². The monoisotopic (exact) mass is 367 g/mol. The summed E-state index contributed by atoms with van der Waals surface area (Å²) in [5, 5.41) is 16.8. The van der Waals surface area contributed by atoms with Crippen molar-refractivity contribution in [3.05, 3.63) is 66.2 Å². The summed E-state index contributed by atoms with van der Waals surface area (Å²) < 4.78 is 12.8. The van der Waals surface area contributed by atoms with E-state index in [-0.39, 0.29) is 35.7 Å². The summed E-state index contributed by atoms with van der Waals surface area (Å²) in [4.78, 5) is 12.7. The van der Waals surface area contributed by atoms with Gasteiger partial charge in [0, 0.05) is 24.9 Å². The minimum Gasteiger partial charge on any atom is -0.426 e. The van der Waals surface area contributed by atoms with Crippen LogP contribution in [-0.4, -0.2) is 26.9 Å². The molecule has 1 saturated carbocycles. The molecule has 1 aromatic carbocycles. The van der Waals surface area contributed by atoms with Crippen LogP contribution in [0.15, 0.2) is 59.3 Å². The molecule has 1 amide bonds. The molecule has 1 unspecified atom stereocenters. The minimum absolute atomic E-state index is 0.170. The van der Waals surface area contributed by atoms with Crippen LogP contribution >= 0.6 is 0 Å². The first-order chi connectivity index (χ1) is 13.1. The molecule has 1 fully saturated rings. The smallest absolute Gasteiger partial charge is 0.290 e. The Bertz CT molecular complexity index is 912. The molecule has 27 heavy (non-hydrogen) atoms. The van der Waals surface area contributed by atoms with E-state index in [1.807, 2.05) is 43.6 Å². The number of benzene rings is 1. The standard InChI is InChI=1S/C20H21N3O4/c1-23-12-14(11-21-23)19(13-9-15(24)10-13)22-20(25)17-7-8-18(27-17)26-16-5-3-2-4-6-16/h2-8,11-13,15,19,24H,9-10H2,1H3,(H,22,25). The zero-order chi connectivity index (χ0) is 18.8. The molecule has 3 aromatic rings. The fraction of sp³-hybridized carbons (Fsp3) is 0.300. The summed E-state index contributed by atoms with van der Waals surface area (Å²) in [7, 11) is 1.83. The van der Waals surface area contributed by atoms with Crippen LogP contribution in [0, 0.1) is 5.92 Å². The number of rotatable bonds is 6. The highest BCUT2D eigenvalue weighted by Gasteiger charge is 2.36. The Morgan fingerprint density at radius 3 is 2.74 bits per heavy atom. The number of aromatic nitrogens is 2. The van der Waals surface area contributed by atoms with Crippen molar-refractivity contribution in [3.8, 4) is 11.7 Å².